The van der Waals surface area contributed by atoms with Crippen molar-refractivity contribution in [2.45, 2.75) is 37.2 Å². The number of nitrogens with one attached hydrogen (secondary N) is 3. The highest BCUT2D eigenvalue weighted by Crippen LogP contribution is 2.16. The number of rotatable bonds is 9. The van der Waals surface area contributed by atoms with Crippen molar-refractivity contribution in [2.75, 3.05) is 25.0 Å². The molecule has 1 aromatic rings. The number of carboxylic acid groups (broad SMARTS) is 2. The molecule has 3 unspecified atom stereocenters. The van der Waals surface area contributed by atoms with Gasteiger partial charge in [0.2, 0.25) is 0 Å². The van der Waals surface area contributed by atoms with Gasteiger partial charge in [0.05, 0.1) is 6.54 Å². The molecule has 0 radical (unpaired) electrons. The third-order valence-corrected chi connectivity index (χ3v) is 5.33. The summed E-state index contributed by atoms with van der Waals surface area (Å²) in [6, 6.07) is 4.75. The maximum atomic E-state index is 12.4. The molecule has 1 amide bonds. The Morgan fingerprint density at radius 1 is 1.27 bits per heavy atom. The third-order valence-electron chi connectivity index (χ3n) is 5.33. The van der Waals surface area contributed by atoms with Crippen molar-refractivity contribution in [3.05, 3.63) is 29.8 Å². The number of nitrogens with two attached hydrogens (primary N) is 1. The van der Waals surface area contributed by atoms with Crippen molar-refractivity contribution in [3.63, 3.8) is 0 Å². The van der Waals surface area contributed by atoms with Gasteiger partial charge in [0, 0.05) is 37.3 Å². The number of guanidine groups is 1. The summed E-state index contributed by atoms with van der Waals surface area (Å²) in [4.78, 5) is 44.6. The van der Waals surface area contributed by atoms with E-state index in [0.29, 0.717) is 18.9 Å². The van der Waals surface area contributed by atoms with E-state index in [9.17, 15) is 24.6 Å². The van der Waals surface area contributed by atoms with E-state index in [1.54, 1.807) is 24.3 Å². The lowest BCUT2D eigenvalue weighted by atomic mass is 10.1. The summed E-state index contributed by atoms with van der Waals surface area (Å²) in [6.07, 6.45) is -1.60. The molecule has 0 fully saturated rings. The molecular weight excluding hydrogens is 434 g/mol. The summed E-state index contributed by atoms with van der Waals surface area (Å²) >= 11 is 0. The normalized spacial score (nSPS) is 22.7. The van der Waals surface area contributed by atoms with Gasteiger partial charge < -0.3 is 36.6 Å². The minimum absolute atomic E-state index is 0.0664. The number of amides is 1. The number of carboxylic acids is 2. The van der Waals surface area contributed by atoms with Crippen LogP contribution in [0.1, 0.15) is 23.2 Å². The van der Waals surface area contributed by atoms with Crippen LogP contribution in [0.15, 0.2) is 34.3 Å². The van der Waals surface area contributed by atoms with Crippen molar-refractivity contribution >= 4 is 35.3 Å². The number of aliphatic hydroxyl groups is 1. The van der Waals surface area contributed by atoms with Crippen LogP contribution in [0, 0.1) is 0 Å². The Balaban J connectivity index is 1.57. The maximum Gasteiger partial charge on any atom is 0.326 e. The van der Waals surface area contributed by atoms with Gasteiger partial charge in [-0.05, 0) is 30.7 Å². The first-order chi connectivity index (χ1) is 15.6. The number of fused-ring (bicyclic) bond motifs is 1. The van der Waals surface area contributed by atoms with Crippen LogP contribution in [0.4, 0.5) is 5.69 Å². The zero-order chi connectivity index (χ0) is 24.1. The summed E-state index contributed by atoms with van der Waals surface area (Å²) in [5.74, 6) is -2.36. The molecule has 2 aliphatic heterocycles. The number of aliphatic carboxylic acids is 2. The molecule has 0 bridgehead atoms. The van der Waals surface area contributed by atoms with Gasteiger partial charge in [0.25, 0.3) is 5.91 Å². The van der Waals surface area contributed by atoms with E-state index in [4.69, 9.17) is 10.8 Å². The molecule has 2 aliphatic rings. The number of likely N-dealkylation sites (N-methyl/N-ethyl adjacent to an activating group) is 1. The van der Waals surface area contributed by atoms with Gasteiger partial charge in [-0.1, -0.05) is 0 Å². The van der Waals surface area contributed by atoms with Crippen molar-refractivity contribution in [1.29, 1.82) is 0 Å². The molecule has 0 spiro atoms. The highest BCUT2D eigenvalue weighted by molar-refractivity contribution is 6.04. The quantitative estimate of drug-likeness (QED) is 0.219. The first kappa shape index (κ1) is 23.9. The molecule has 178 valence electrons. The lowest BCUT2D eigenvalue weighted by Gasteiger charge is -2.36. The first-order valence-electron chi connectivity index (χ1n) is 10.3. The first-order valence-corrected chi connectivity index (χ1v) is 10.3. The molecule has 3 rings (SSSR count). The second-order valence-corrected chi connectivity index (χ2v) is 7.84. The number of hydrogen-bond acceptors (Lipinski definition) is 10. The zero-order valence-electron chi connectivity index (χ0n) is 17.9. The molecule has 13 nitrogen and oxygen atoms in total. The third kappa shape index (κ3) is 6.17. The van der Waals surface area contributed by atoms with Gasteiger partial charge in [-0.25, -0.2) is 9.79 Å². The van der Waals surface area contributed by atoms with Crippen LogP contribution in [0.25, 0.3) is 0 Å². The molecular formula is C20H27N7O6. The van der Waals surface area contributed by atoms with E-state index >= 15 is 0 Å². The van der Waals surface area contributed by atoms with Crippen LogP contribution < -0.4 is 26.6 Å². The van der Waals surface area contributed by atoms with Crippen molar-refractivity contribution in [3.8, 4) is 0 Å². The van der Waals surface area contributed by atoms with Crippen molar-refractivity contribution < 1.29 is 29.7 Å². The van der Waals surface area contributed by atoms with E-state index in [2.05, 4.69) is 25.9 Å². The minimum atomic E-state index is -1.29. The van der Waals surface area contributed by atoms with Crippen LogP contribution >= 0.6 is 0 Å². The van der Waals surface area contributed by atoms with Gasteiger partial charge in [0.15, 0.2) is 12.2 Å². The van der Waals surface area contributed by atoms with E-state index in [-0.39, 0.29) is 30.4 Å². The summed E-state index contributed by atoms with van der Waals surface area (Å²) in [6.45, 7) is 1.03. The fourth-order valence-corrected chi connectivity index (χ4v) is 3.60. The van der Waals surface area contributed by atoms with Gasteiger partial charge in [-0.15, -0.1) is 0 Å². The molecule has 2 heterocycles. The maximum absolute atomic E-state index is 12.4. The predicted molar refractivity (Wildman–Crippen MR) is 119 cm³/mol. The lowest BCUT2D eigenvalue weighted by molar-refractivity contribution is -0.140. The average Bonchev–Trinajstić information content (AvgIpc) is 2.76. The lowest BCUT2D eigenvalue weighted by Crippen LogP contribution is -2.64. The second kappa shape index (κ2) is 10.3. The largest absolute Gasteiger partial charge is 0.481 e. The van der Waals surface area contributed by atoms with Crippen molar-refractivity contribution in [2.24, 2.45) is 15.7 Å². The highest BCUT2D eigenvalue weighted by atomic mass is 16.4. The molecule has 4 atom stereocenters. The highest BCUT2D eigenvalue weighted by Gasteiger charge is 2.34. The molecule has 1 aromatic carbocycles. The fraction of sp³-hybridized carbons (Fsp3) is 0.450. The van der Waals surface area contributed by atoms with E-state index < -0.39 is 36.2 Å². The molecule has 33 heavy (non-hydrogen) atoms. The molecule has 0 saturated carbocycles. The molecule has 0 aromatic heterocycles. The van der Waals surface area contributed by atoms with E-state index in [0.717, 1.165) is 5.69 Å². The fourth-order valence-electron chi connectivity index (χ4n) is 3.60. The van der Waals surface area contributed by atoms with Crippen LogP contribution in [0.3, 0.4) is 0 Å². The number of benzene rings is 1. The predicted octanol–water partition coefficient (Wildman–Crippen LogP) is -1.85. The van der Waals surface area contributed by atoms with Gasteiger partial charge in [-0.2, -0.15) is 0 Å². The summed E-state index contributed by atoms with van der Waals surface area (Å²) in [7, 11) is 1.87. The number of aliphatic hydroxyl groups excluding tert-OH is 1. The van der Waals surface area contributed by atoms with Crippen molar-refractivity contribution in [1.82, 2.24) is 16.0 Å². The smallest absolute Gasteiger partial charge is 0.326 e. The Morgan fingerprint density at radius 3 is 2.61 bits per heavy atom. The Hall–Kier alpha value is -3.71. The number of carbonyl (C=O) groups is 3. The van der Waals surface area contributed by atoms with Gasteiger partial charge in [0.1, 0.15) is 17.9 Å². The van der Waals surface area contributed by atoms with Crippen LogP contribution in [-0.4, -0.2) is 89.5 Å². The number of anilines is 1. The van der Waals surface area contributed by atoms with Crippen LogP contribution in [-0.2, 0) is 9.59 Å². The minimum Gasteiger partial charge on any atom is -0.481 e. The number of aliphatic imine (C=N–C) groups is 2. The van der Waals surface area contributed by atoms with E-state index in [1.165, 1.54) is 0 Å². The molecule has 13 heteroatoms. The number of hydrogen-bond donors (Lipinski definition) is 7. The monoisotopic (exact) mass is 461 g/mol. The van der Waals surface area contributed by atoms with Crippen LogP contribution in [0.5, 0.6) is 0 Å². The molecule has 8 N–H and O–H groups in total. The van der Waals surface area contributed by atoms with Crippen LogP contribution in [0.2, 0.25) is 0 Å². The Bertz CT molecular complexity index is 964. The standard InChI is InChI=1S/C20H27N7O6/c1-27(9-11-8-22-16-15(23-11)18(31)26-20(21)25-16)12-4-2-10(3-5-12)17(30)24-13(19(32)33)6-7-14(28)29/h2-5,11,13,15,18,23,31H,6-9H2,1H3,(H,24,30)(H,28,29)(H,32,33)(H3,21,22,25,26)/t11?,13-,15?,18?/m0/s1. The Labute approximate surface area is 189 Å². The average molecular weight is 461 g/mol. The topological polar surface area (TPSA) is 202 Å². The molecule has 0 aliphatic carbocycles. The van der Waals surface area contributed by atoms with Gasteiger partial charge in [-0.3, -0.25) is 19.9 Å². The Morgan fingerprint density at radius 2 is 1.97 bits per heavy atom. The van der Waals surface area contributed by atoms with E-state index in [1.807, 2.05) is 11.9 Å². The second-order valence-electron chi connectivity index (χ2n) is 7.84. The Kier molecular flexibility index (Phi) is 7.45. The number of amidine groups is 1. The molecule has 0 saturated heterocycles. The van der Waals surface area contributed by atoms with Gasteiger partial charge >= 0.3 is 11.9 Å². The zero-order valence-corrected chi connectivity index (χ0v) is 17.9. The summed E-state index contributed by atoms with van der Waals surface area (Å²) < 4.78 is 0. The SMILES string of the molecule is CN(CC1CN=C2NC(N)=NC(O)C2N1)c1ccc(C(=O)N[C@@H](CCC(=O)O)C(=O)O)cc1. The number of nitrogens with zero attached hydrogens (tertiary/aromatic N) is 3. The summed E-state index contributed by atoms with van der Waals surface area (Å²) in [5.41, 5.74) is 6.67. The number of carbonyl (C=O) groups excluding carboxylic acids is 1. The summed E-state index contributed by atoms with van der Waals surface area (Å²) in [5, 5.41) is 36.5.